The van der Waals surface area contributed by atoms with Crippen LogP contribution in [0.1, 0.15) is 22.3 Å². The SMILES string of the molecule is c1ccc(-c2cc(-c3ccc(-c4cccc5c4oc4ccccc45)cc3)nc(-c3ccc4c(c3)-c3ccccc3C43c4ccccc4-c4ccccc43)n2)cc1. The molecule has 1 spiro atoms. The van der Waals surface area contributed by atoms with Gasteiger partial charge in [0.1, 0.15) is 11.2 Å². The van der Waals surface area contributed by atoms with Gasteiger partial charge in [0.05, 0.1) is 16.8 Å². The summed E-state index contributed by atoms with van der Waals surface area (Å²) < 4.78 is 6.38. The van der Waals surface area contributed by atoms with Crippen molar-refractivity contribution in [1.82, 2.24) is 9.97 Å². The molecule has 0 unspecified atom stereocenters. The second-order valence-electron chi connectivity index (χ2n) is 14.8. The van der Waals surface area contributed by atoms with Crippen molar-refractivity contribution < 1.29 is 4.42 Å². The number of benzene rings is 8. The van der Waals surface area contributed by atoms with Crippen LogP contribution < -0.4 is 0 Å². The molecule has 2 aromatic heterocycles. The minimum atomic E-state index is -0.385. The molecule has 260 valence electrons. The van der Waals surface area contributed by atoms with Crippen LogP contribution in [-0.4, -0.2) is 9.97 Å². The fourth-order valence-electron chi connectivity index (χ4n) is 9.51. The third-order valence-corrected chi connectivity index (χ3v) is 11.9. The van der Waals surface area contributed by atoms with Gasteiger partial charge < -0.3 is 4.42 Å². The summed E-state index contributed by atoms with van der Waals surface area (Å²) in [5.41, 5.74) is 18.8. The lowest BCUT2D eigenvalue weighted by Gasteiger charge is -2.30. The van der Waals surface area contributed by atoms with Gasteiger partial charge in [-0.15, -0.1) is 0 Å². The van der Waals surface area contributed by atoms with E-state index in [0.717, 1.165) is 61.1 Å². The predicted octanol–water partition coefficient (Wildman–Crippen LogP) is 13.4. The van der Waals surface area contributed by atoms with E-state index in [9.17, 15) is 0 Å². The van der Waals surface area contributed by atoms with E-state index in [1.165, 1.54) is 44.5 Å². The van der Waals surface area contributed by atoms with E-state index in [2.05, 4.69) is 176 Å². The van der Waals surface area contributed by atoms with Crippen LogP contribution in [0.3, 0.4) is 0 Å². The topological polar surface area (TPSA) is 38.9 Å². The number of hydrogen-bond acceptors (Lipinski definition) is 3. The van der Waals surface area contributed by atoms with Gasteiger partial charge in [0.2, 0.25) is 0 Å². The summed E-state index contributed by atoms with van der Waals surface area (Å²) in [5.74, 6) is 0.700. The summed E-state index contributed by atoms with van der Waals surface area (Å²) in [7, 11) is 0. The van der Waals surface area contributed by atoms with Gasteiger partial charge in [-0.2, -0.15) is 0 Å². The molecule has 8 aromatic carbocycles. The Bertz CT molecular complexity index is 3150. The number of para-hydroxylation sites is 2. The zero-order valence-corrected chi connectivity index (χ0v) is 30.3. The van der Waals surface area contributed by atoms with E-state index < -0.39 is 0 Å². The van der Waals surface area contributed by atoms with E-state index in [4.69, 9.17) is 14.4 Å². The van der Waals surface area contributed by atoms with E-state index in [1.807, 2.05) is 18.2 Å². The molecule has 0 saturated carbocycles. The summed E-state index contributed by atoms with van der Waals surface area (Å²) >= 11 is 0. The van der Waals surface area contributed by atoms with Crippen molar-refractivity contribution in [1.29, 1.82) is 0 Å². The Hall–Kier alpha value is -7.36. The Morgan fingerprint density at radius 2 is 0.839 bits per heavy atom. The third kappa shape index (κ3) is 4.34. The first kappa shape index (κ1) is 31.0. The molecule has 3 nitrogen and oxygen atoms in total. The molecule has 0 radical (unpaired) electrons. The first-order chi connectivity index (χ1) is 27.8. The Labute approximate surface area is 324 Å². The predicted molar refractivity (Wildman–Crippen MR) is 227 cm³/mol. The molecule has 0 amide bonds. The van der Waals surface area contributed by atoms with Gasteiger partial charge >= 0.3 is 0 Å². The van der Waals surface area contributed by atoms with Crippen molar-refractivity contribution in [2.45, 2.75) is 5.41 Å². The van der Waals surface area contributed by atoms with Crippen molar-refractivity contribution >= 4 is 21.9 Å². The first-order valence-electron chi connectivity index (χ1n) is 19.2. The maximum atomic E-state index is 6.38. The lowest BCUT2D eigenvalue weighted by molar-refractivity contribution is 0.670. The summed E-state index contributed by atoms with van der Waals surface area (Å²) in [5, 5.41) is 2.25. The minimum Gasteiger partial charge on any atom is -0.455 e. The van der Waals surface area contributed by atoms with Crippen molar-refractivity contribution in [3.8, 4) is 67.3 Å². The number of hydrogen-bond donors (Lipinski definition) is 0. The molecular formula is C53H32N2O. The zero-order chi connectivity index (χ0) is 36.8. The molecular weight excluding hydrogens is 681 g/mol. The quantitative estimate of drug-likeness (QED) is 0.182. The van der Waals surface area contributed by atoms with E-state index in [0.29, 0.717) is 5.82 Å². The molecule has 0 N–H and O–H groups in total. The van der Waals surface area contributed by atoms with Gasteiger partial charge in [-0.1, -0.05) is 176 Å². The molecule has 0 atom stereocenters. The molecule has 3 heteroatoms. The highest BCUT2D eigenvalue weighted by Crippen LogP contribution is 2.62. The minimum absolute atomic E-state index is 0.385. The summed E-state index contributed by atoms with van der Waals surface area (Å²) in [6.45, 7) is 0. The van der Waals surface area contributed by atoms with Crippen LogP contribution in [0.5, 0.6) is 0 Å². The van der Waals surface area contributed by atoms with Crippen molar-refractivity contribution in [2.24, 2.45) is 0 Å². The highest BCUT2D eigenvalue weighted by Gasteiger charge is 2.51. The Balaban J connectivity index is 1.01. The van der Waals surface area contributed by atoms with Crippen LogP contribution in [0.15, 0.2) is 199 Å². The van der Waals surface area contributed by atoms with E-state index >= 15 is 0 Å². The number of furan rings is 1. The molecule has 2 aliphatic rings. The lowest BCUT2D eigenvalue weighted by atomic mass is 9.70. The summed E-state index contributed by atoms with van der Waals surface area (Å²) in [4.78, 5) is 10.5. The fraction of sp³-hybridized carbons (Fsp3) is 0.0189. The number of nitrogens with zero attached hydrogens (tertiary/aromatic N) is 2. The second-order valence-corrected chi connectivity index (χ2v) is 14.8. The van der Waals surface area contributed by atoms with Crippen LogP contribution in [0.2, 0.25) is 0 Å². The number of fused-ring (bicyclic) bond motifs is 13. The Kier molecular flexibility index (Phi) is 6.55. The van der Waals surface area contributed by atoms with Crippen molar-refractivity contribution in [3.63, 3.8) is 0 Å². The smallest absolute Gasteiger partial charge is 0.160 e. The van der Waals surface area contributed by atoms with Crippen LogP contribution in [0, 0.1) is 0 Å². The van der Waals surface area contributed by atoms with Gasteiger partial charge in [-0.3, -0.25) is 0 Å². The standard InChI is InChI=1S/C53H32N2O/c1-2-13-34(14-3-1)48-32-49(35-27-25-33(26-28-35)37-19-12-20-42-41-18-7-11-24-50(41)56-51(37)42)55-52(54-48)36-29-30-47-43(31-36)40-17-6-10-23-46(40)53(47)44-21-8-4-15-38(44)39-16-5-9-22-45(39)53/h1-32H. The average molecular weight is 713 g/mol. The van der Waals surface area contributed by atoms with Gasteiger partial charge in [-0.05, 0) is 68.3 Å². The highest BCUT2D eigenvalue weighted by molar-refractivity contribution is 6.09. The second kappa shape index (κ2) is 11.8. The largest absolute Gasteiger partial charge is 0.455 e. The Morgan fingerprint density at radius 1 is 0.339 bits per heavy atom. The van der Waals surface area contributed by atoms with Gasteiger partial charge in [0.15, 0.2) is 5.82 Å². The molecule has 0 saturated heterocycles. The third-order valence-electron chi connectivity index (χ3n) is 11.9. The maximum Gasteiger partial charge on any atom is 0.160 e. The monoisotopic (exact) mass is 712 g/mol. The summed E-state index contributed by atoms with van der Waals surface area (Å²) in [6, 6.07) is 69.4. The maximum absolute atomic E-state index is 6.38. The summed E-state index contributed by atoms with van der Waals surface area (Å²) in [6.07, 6.45) is 0. The van der Waals surface area contributed by atoms with Gasteiger partial charge in [0.25, 0.3) is 0 Å². The lowest BCUT2D eigenvalue weighted by Crippen LogP contribution is -2.25. The molecule has 2 heterocycles. The van der Waals surface area contributed by atoms with Gasteiger partial charge in [-0.25, -0.2) is 9.97 Å². The molecule has 2 aliphatic carbocycles. The van der Waals surface area contributed by atoms with Crippen LogP contribution in [0.4, 0.5) is 0 Å². The highest BCUT2D eigenvalue weighted by atomic mass is 16.3. The first-order valence-corrected chi connectivity index (χ1v) is 19.2. The number of aromatic nitrogens is 2. The molecule has 0 bridgehead atoms. The molecule has 56 heavy (non-hydrogen) atoms. The molecule has 12 rings (SSSR count). The normalized spacial score (nSPS) is 13.1. The van der Waals surface area contributed by atoms with Crippen LogP contribution >= 0.6 is 0 Å². The van der Waals surface area contributed by atoms with E-state index in [-0.39, 0.29) is 5.41 Å². The van der Waals surface area contributed by atoms with Crippen LogP contribution in [-0.2, 0) is 5.41 Å². The van der Waals surface area contributed by atoms with Crippen LogP contribution in [0.25, 0.3) is 89.2 Å². The molecule has 0 aliphatic heterocycles. The number of rotatable bonds is 4. The zero-order valence-electron chi connectivity index (χ0n) is 30.3. The average Bonchev–Trinajstić information content (AvgIpc) is 3.91. The van der Waals surface area contributed by atoms with Gasteiger partial charge in [0, 0.05) is 33.0 Å². The van der Waals surface area contributed by atoms with E-state index in [1.54, 1.807) is 0 Å². The van der Waals surface area contributed by atoms with Crippen molar-refractivity contribution in [2.75, 3.05) is 0 Å². The van der Waals surface area contributed by atoms with Crippen molar-refractivity contribution in [3.05, 3.63) is 216 Å². The Morgan fingerprint density at radius 3 is 1.54 bits per heavy atom. The molecule has 10 aromatic rings. The molecule has 0 fully saturated rings. The fourth-order valence-corrected chi connectivity index (χ4v) is 9.51.